The summed E-state index contributed by atoms with van der Waals surface area (Å²) in [6.07, 6.45) is 4.05. The zero-order valence-corrected chi connectivity index (χ0v) is 14.8. The maximum absolute atomic E-state index is 12.9. The number of benzene rings is 1. The first kappa shape index (κ1) is 16.4. The first-order valence-electron chi connectivity index (χ1n) is 8.94. The van der Waals surface area contributed by atoms with Gasteiger partial charge in [-0.05, 0) is 43.0 Å². The average Bonchev–Trinajstić information content (AvgIpc) is 2.91. The zero-order chi connectivity index (χ0) is 18.1. The van der Waals surface area contributed by atoms with Crippen molar-refractivity contribution in [3.05, 3.63) is 59.9 Å². The molecule has 2 aromatic heterocycles. The summed E-state index contributed by atoms with van der Waals surface area (Å²) in [5, 5.41) is 3.46. The number of nitrogens with one attached hydrogen (secondary N) is 2. The topological polar surface area (TPSA) is 83.8 Å². The quantitative estimate of drug-likeness (QED) is 0.607. The molecule has 1 aromatic carbocycles. The number of hydrogen-bond donors (Lipinski definition) is 3. The smallest absolute Gasteiger partial charge is 0.166 e. The van der Waals surface area contributed by atoms with Crippen molar-refractivity contribution in [1.29, 1.82) is 0 Å². The van der Waals surface area contributed by atoms with E-state index >= 15 is 0 Å². The highest BCUT2D eigenvalue weighted by atomic mass is 16.1. The highest BCUT2D eigenvalue weighted by Gasteiger charge is 2.28. The van der Waals surface area contributed by atoms with E-state index < -0.39 is 0 Å². The van der Waals surface area contributed by atoms with Crippen molar-refractivity contribution in [3.8, 4) is 11.3 Å². The molecule has 26 heavy (non-hydrogen) atoms. The number of hydrogen-bond acceptors (Lipinski definition) is 4. The molecule has 0 spiro atoms. The maximum Gasteiger partial charge on any atom is 0.166 e. The molecule has 1 aliphatic carbocycles. The molecule has 5 nitrogen and oxygen atoms in total. The van der Waals surface area contributed by atoms with Crippen molar-refractivity contribution in [2.75, 3.05) is 11.1 Å². The number of rotatable bonds is 3. The monoisotopic (exact) mass is 346 g/mol. The van der Waals surface area contributed by atoms with Crippen LogP contribution < -0.4 is 11.1 Å². The molecule has 2 heterocycles. The van der Waals surface area contributed by atoms with Crippen LogP contribution in [0.2, 0.25) is 0 Å². The van der Waals surface area contributed by atoms with E-state index in [-0.39, 0.29) is 5.78 Å². The fourth-order valence-electron chi connectivity index (χ4n) is 3.58. The van der Waals surface area contributed by atoms with Crippen LogP contribution in [0, 0.1) is 5.92 Å². The van der Waals surface area contributed by atoms with Crippen LogP contribution in [-0.2, 0) is 6.42 Å². The number of pyridine rings is 1. The Balaban J connectivity index is 1.89. The van der Waals surface area contributed by atoms with Crippen LogP contribution in [-0.4, -0.2) is 15.8 Å². The molecular formula is C21H22N4O. The highest BCUT2D eigenvalue weighted by molar-refractivity contribution is 6.07. The van der Waals surface area contributed by atoms with Crippen molar-refractivity contribution >= 4 is 23.0 Å². The van der Waals surface area contributed by atoms with Crippen LogP contribution in [0.25, 0.3) is 11.3 Å². The predicted octanol–water partition coefficient (Wildman–Crippen LogP) is 4.56. The number of fused-ring (bicyclic) bond motifs is 1. The lowest BCUT2D eigenvalue weighted by Crippen LogP contribution is -2.02. The van der Waals surface area contributed by atoms with Crippen LogP contribution in [0.1, 0.15) is 35.8 Å². The number of aromatic nitrogens is 2. The molecule has 5 heteroatoms. The van der Waals surface area contributed by atoms with E-state index in [1.807, 2.05) is 42.5 Å². The Labute approximate surface area is 152 Å². The van der Waals surface area contributed by atoms with E-state index in [0.717, 1.165) is 46.7 Å². The summed E-state index contributed by atoms with van der Waals surface area (Å²) in [6.45, 7) is 2.19. The van der Waals surface area contributed by atoms with Crippen molar-refractivity contribution in [2.45, 2.75) is 26.2 Å². The fourth-order valence-corrected chi connectivity index (χ4v) is 3.58. The van der Waals surface area contributed by atoms with Gasteiger partial charge in [-0.3, -0.25) is 4.79 Å². The number of anilines is 3. The number of ketones is 1. The Morgan fingerprint density at radius 1 is 1.23 bits per heavy atom. The summed E-state index contributed by atoms with van der Waals surface area (Å²) >= 11 is 0. The molecule has 1 aliphatic rings. The Kier molecular flexibility index (Phi) is 4.21. The summed E-state index contributed by atoms with van der Waals surface area (Å²) in [5.74, 6) is 1.11. The van der Waals surface area contributed by atoms with Gasteiger partial charge < -0.3 is 16.0 Å². The summed E-state index contributed by atoms with van der Waals surface area (Å²) in [6, 6.07) is 13.6. The summed E-state index contributed by atoms with van der Waals surface area (Å²) in [4.78, 5) is 20.5. The van der Waals surface area contributed by atoms with Gasteiger partial charge in [0, 0.05) is 29.6 Å². The van der Waals surface area contributed by atoms with Gasteiger partial charge in [0.05, 0.1) is 16.9 Å². The molecular weight excluding hydrogens is 324 g/mol. The predicted molar refractivity (Wildman–Crippen MR) is 105 cm³/mol. The third kappa shape index (κ3) is 3.08. The van der Waals surface area contributed by atoms with Gasteiger partial charge in [0.15, 0.2) is 5.78 Å². The summed E-state index contributed by atoms with van der Waals surface area (Å²) < 4.78 is 0. The molecule has 0 unspecified atom stereocenters. The molecule has 0 amide bonds. The number of carbonyl (C=O) groups excluding carboxylic acids is 1. The second-order valence-electron chi connectivity index (χ2n) is 6.96. The second kappa shape index (κ2) is 6.67. The Morgan fingerprint density at radius 3 is 2.81 bits per heavy atom. The van der Waals surface area contributed by atoms with E-state index in [9.17, 15) is 4.79 Å². The van der Waals surface area contributed by atoms with Crippen molar-refractivity contribution < 1.29 is 4.79 Å². The third-order valence-electron chi connectivity index (χ3n) is 4.89. The van der Waals surface area contributed by atoms with Crippen LogP contribution in [0.3, 0.4) is 0 Å². The van der Waals surface area contributed by atoms with Gasteiger partial charge in [0.2, 0.25) is 0 Å². The molecule has 0 bridgehead atoms. The maximum atomic E-state index is 12.9. The van der Waals surface area contributed by atoms with Crippen molar-refractivity contribution in [3.63, 3.8) is 0 Å². The lowest BCUT2D eigenvalue weighted by atomic mass is 10.0. The molecule has 0 aliphatic heterocycles. The minimum Gasteiger partial charge on any atom is -0.384 e. The van der Waals surface area contributed by atoms with Gasteiger partial charge in [-0.2, -0.15) is 0 Å². The normalized spacial score (nSPS) is 16.8. The number of nitrogens with zero attached hydrogens (tertiary/aromatic N) is 1. The second-order valence-corrected chi connectivity index (χ2v) is 6.96. The standard InChI is InChI=1S/C21H22N4O/c1-13-7-8-17(26)19-16(11-13)25-20(14-9-10-23-18(22)12-14)21(19)24-15-5-3-2-4-6-15/h2-6,9-10,12-13,24-25H,7-8,11H2,1H3,(H2,22,23)/t13-/m0/s1. The Morgan fingerprint density at radius 2 is 2.04 bits per heavy atom. The molecule has 0 saturated carbocycles. The van der Waals surface area contributed by atoms with E-state index in [4.69, 9.17) is 5.73 Å². The van der Waals surface area contributed by atoms with Crippen LogP contribution in [0.5, 0.6) is 0 Å². The lowest BCUT2D eigenvalue weighted by Gasteiger charge is -2.11. The number of aromatic amines is 1. The number of carbonyl (C=O) groups is 1. The lowest BCUT2D eigenvalue weighted by molar-refractivity contribution is 0.0980. The third-order valence-corrected chi connectivity index (χ3v) is 4.89. The number of H-pyrrole nitrogens is 1. The van der Waals surface area contributed by atoms with Gasteiger partial charge in [-0.25, -0.2) is 4.98 Å². The number of nitrogen functional groups attached to an aromatic ring is 1. The minimum atomic E-state index is 0.187. The van der Waals surface area contributed by atoms with Crippen LogP contribution in [0.15, 0.2) is 48.7 Å². The summed E-state index contributed by atoms with van der Waals surface area (Å²) in [7, 11) is 0. The molecule has 4 rings (SSSR count). The first-order chi connectivity index (χ1) is 12.6. The Bertz CT molecular complexity index is 946. The van der Waals surface area contributed by atoms with E-state index in [2.05, 4.69) is 22.2 Å². The van der Waals surface area contributed by atoms with E-state index in [0.29, 0.717) is 18.2 Å². The van der Waals surface area contributed by atoms with Gasteiger partial charge in [-0.1, -0.05) is 25.1 Å². The van der Waals surface area contributed by atoms with Crippen LogP contribution >= 0.6 is 0 Å². The fraction of sp³-hybridized carbons (Fsp3) is 0.238. The summed E-state index contributed by atoms with van der Waals surface area (Å²) in [5.41, 5.74) is 11.2. The van der Waals surface area contributed by atoms with Gasteiger partial charge in [-0.15, -0.1) is 0 Å². The SMILES string of the molecule is C[C@H]1CCC(=O)c2c([nH]c(-c3ccnc(N)c3)c2Nc2ccccc2)C1. The van der Waals surface area contributed by atoms with Crippen LogP contribution in [0.4, 0.5) is 17.2 Å². The van der Waals surface area contributed by atoms with E-state index in [1.54, 1.807) is 6.20 Å². The highest BCUT2D eigenvalue weighted by Crippen LogP contribution is 2.39. The molecule has 132 valence electrons. The van der Waals surface area contributed by atoms with Gasteiger partial charge >= 0.3 is 0 Å². The molecule has 0 saturated heterocycles. The first-order valence-corrected chi connectivity index (χ1v) is 8.94. The number of para-hydroxylation sites is 1. The van der Waals surface area contributed by atoms with Crippen molar-refractivity contribution in [1.82, 2.24) is 9.97 Å². The largest absolute Gasteiger partial charge is 0.384 e. The number of Topliss-reactive ketones (excluding diaryl/α,β-unsaturated/α-hetero) is 1. The molecule has 4 N–H and O–H groups in total. The average molecular weight is 346 g/mol. The molecule has 1 atom stereocenters. The van der Waals surface area contributed by atoms with Gasteiger partial charge in [0.25, 0.3) is 0 Å². The minimum absolute atomic E-state index is 0.187. The molecule has 0 fully saturated rings. The van der Waals surface area contributed by atoms with Crippen molar-refractivity contribution in [2.24, 2.45) is 5.92 Å². The number of nitrogens with two attached hydrogens (primary N) is 1. The zero-order valence-electron chi connectivity index (χ0n) is 14.8. The van der Waals surface area contributed by atoms with E-state index in [1.165, 1.54) is 0 Å². The molecule has 3 aromatic rings. The van der Waals surface area contributed by atoms with Gasteiger partial charge in [0.1, 0.15) is 5.82 Å². The Hall–Kier alpha value is -3.08. The molecule has 0 radical (unpaired) electrons.